The monoisotopic (exact) mass is 394 g/mol. The van der Waals surface area contributed by atoms with Gasteiger partial charge in [0.1, 0.15) is 0 Å². The van der Waals surface area contributed by atoms with E-state index in [9.17, 15) is 21.6 Å². The van der Waals surface area contributed by atoms with Crippen molar-refractivity contribution in [1.82, 2.24) is 14.3 Å². The summed E-state index contributed by atoms with van der Waals surface area (Å²) in [6.45, 7) is 2.72. The Bertz CT molecular complexity index is 745. The summed E-state index contributed by atoms with van der Waals surface area (Å²) < 4.78 is 68.5. The van der Waals surface area contributed by atoms with Crippen molar-refractivity contribution < 1.29 is 26.3 Å². The first-order valence-corrected chi connectivity index (χ1v) is 9.90. The van der Waals surface area contributed by atoms with E-state index in [-0.39, 0.29) is 17.7 Å². The molecule has 26 heavy (non-hydrogen) atoms. The van der Waals surface area contributed by atoms with Gasteiger partial charge in [0.25, 0.3) is 0 Å². The first kappa shape index (κ1) is 20.4. The number of anilines is 1. The van der Waals surface area contributed by atoms with Gasteiger partial charge in [0.2, 0.25) is 16.0 Å². The largest absolute Gasteiger partial charge is 0.501 e. The molecule has 7 nitrogen and oxygen atoms in total. The van der Waals surface area contributed by atoms with E-state index in [4.69, 9.17) is 4.74 Å². The highest BCUT2D eigenvalue weighted by Crippen LogP contribution is 2.32. The van der Waals surface area contributed by atoms with Gasteiger partial charge >= 0.3 is 6.18 Å². The van der Waals surface area contributed by atoms with Crippen LogP contribution in [0.2, 0.25) is 0 Å². The summed E-state index contributed by atoms with van der Waals surface area (Å²) in [7, 11) is -3.24. The van der Waals surface area contributed by atoms with Gasteiger partial charge in [0.15, 0.2) is 0 Å². The molecule has 1 aromatic rings. The Hall–Kier alpha value is -1.88. The zero-order valence-corrected chi connectivity index (χ0v) is 15.3. The van der Waals surface area contributed by atoms with Gasteiger partial charge in [-0.1, -0.05) is 0 Å². The predicted octanol–water partition coefficient (Wildman–Crippen LogP) is 2.34. The number of piperidine rings is 1. The number of hydrogen-bond donors (Lipinski definition) is 1. The average molecular weight is 394 g/mol. The van der Waals surface area contributed by atoms with Crippen LogP contribution in [0.15, 0.2) is 12.5 Å². The second kappa shape index (κ2) is 8.21. The maximum Gasteiger partial charge on any atom is 0.419 e. The van der Waals surface area contributed by atoms with E-state index < -0.39 is 21.8 Å². The smallest absolute Gasteiger partial charge is 0.419 e. The third-order valence-electron chi connectivity index (χ3n) is 3.87. The van der Waals surface area contributed by atoms with Crippen LogP contribution >= 0.6 is 0 Å². The Morgan fingerprint density at radius 1 is 1.38 bits per heavy atom. The third kappa shape index (κ3) is 5.56. The molecular weight excluding hydrogens is 373 g/mol. The lowest BCUT2D eigenvalue weighted by atomic mass is 10.1. The number of aromatic nitrogens is 2. The van der Waals surface area contributed by atoms with Gasteiger partial charge in [-0.05, 0) is 25.8 Å². The quantitative estimate of drug-likeness (QED) is 0.746. The van der Waals surface area contributed by atoms with Crippen molar-refractivity contribution in [2.75, 3.05) is 31.3 Å². The Balaban J connectivity index is 2.12. The maximum absolute atomic E-state index is 13.1. The number of hydrogen-bond acceptors (Lipinski definition) is 6. The number of sulfonamides is 1. The van der Waals surface area contributed by atoms with Crippen molar-refractivity contribution in [3.05, 3.63) is 23.7 Å². The van der Waals surface area contributed by atoms with Gasteiger partial charge < -0.3 is 10.1 Å². The van der Waals surface area contributed by atoms with Gasteiger partial charge in [0, 0.05) is 25.3 Å². The van der Waals surface area contributed by atoms with Crippen molar-refractivity contribution in [3.63, 3.8) is 0 Å². The second-order valence-corrected chi connectivity index (χ2v) is 7.81. The van der Waals surface area contributed by atoms with Crippen molar-refractivity contribution in [2.24, 2.45) is 0 Å². The lowest BCUT2D eigenvalue weighted by molar-refractivity contribution is -0.138. The van der Waals surface area contributed by atoms with E-state index in [0.717, 1.165) is 24.8 Å². The number of alkyl halides is 3. The molecule has 1 saturated heterocycles. The van der Waals surface area contributed by atoms with E-state index in [1.807, 2.05) is 0 Å². The molecule has 1 fully saturated rings. The summed E-state index contributed by atoms with van der Waals surface area (Å²) in [4.78, 5) is 7.68. The zero-order valence-electron chi connectivity index (χ0n) is 14.5. The number of ether oxygens (including phenoxy) is 1. The average Bonchev–Trinajstić information content (AvgIpc) is 2.54. The number of nitrogens with zero attached hydrogens (tertiary/aromatic N) is 3. The van der Waals surface area contributed by atoms with Crippen LogP contribution in [-0.2, 0) is 20.9 Å². The predicted molar refractivity (Wildman–Crippen MR) is 90.8 cm³/mol. The molecule has 11 heteroatoms. The zero-order chi connectivity index (χ0) is 19.4. The Kier molecular flexibility index (Phi) is 6.45. The SMILES string of the molecule is CCOC=Cc1nc(NC2CCN(S(C)(=O)=O)CC2)ncc1C(F)(F)F. The Morgan fingerprint density at radius 3 is 2.58 bits per heavy atom. The minimum Gasteiger partial charge on any atom is -0.501 e. The minimum absolute atomic E-state index is 0.0620. The summed E-state index contributed by atoms with van der Waals surface area (Å²) >= 11 is 0. The van der Waals surface area contributed by atoms with Gasteiger partial charge in [-0.15, -0.1) is 0 Å². The topological polar surface area (TPSA) is 84.4 Å². The molecule has 2 rings (SSSR count). The van der Waals surface area contributed by atoms with E-state index in [1.54, 1.807) is 6.92 Å². The van der Waals surface area contributed by atoms with Crippen LogP contribution in [0, 0.1) is 0 Å². The van der Waals surface area contributed by atoms with Gasteiger partial charge in [-0.3, -0.25) is 0 Å². The van der Waals surface area contributed by atoms with Crippen molar-refractivity contribution in [3.8, 4) is 0 Å². The molecule has 0 saturated carbocycles. The highest BCUT2D eigenvalue weighted by molar-refractivity contribution is 7.88. The van der Waals surface area contributed by atoms with E-state index >= 15 is 0 Å². The highest BCUT2D eigenvalue weighted by Gasteiger charge is 2.34. The third-order valence-corrected chi connectivity index (χ3v) is 5.17. The Labute approximate surface area is 150 Å². The van der Waals surface area contributed by atoms with Crippen LogP contribution in [-0.4, -0.2) is 54.7 Å². The standard InChI is InChI=1S/C15H21F3N4O3S/c1-3-25-9-6-13-12(15(16,17)18)10-19-14(21-13)20-11-4-7-22(8-5-11)26(2,23)24/h6,9-11H,3-5,7-8H2,1-2H3,(H,19,20,21). The minimum atomic E-state index is -4.58. The molecule has 1 aliphatic rings. The fourth-order valence-corrected chi connectivity index (χ4v) is 3.41. The van der Waals surface area contributed by atoms with E-state index in [2.05, 4.69) is 15.3 Å². The van der Waals surface area contributed by atoms with Gasteiger partial charge in [0.05, 0.1) is 30.4 Å². The molecular formula is C15H21F3N4O3S. The van der Waals surface area contributed by atoms with Gasteiger partial charge in [-0.25, -0.2) is 22.7 Å². The Morgan fingerprint density at radius 2 is 2.04 bits per heavy atom. The summed E-state index contributed by atoms with van der Waals surface area (Å²) in [5.41, 5.74) is -1.25. The fraction of sp³-hybridized carbons (Fsp3) is 0.600. The highest BCUT2D eigenvalue weighted by atomic mass is 32.2. The fourth-order valence-electron chi connectivity index (χ4n) is 2.53. The maximum atomic E-state index is 13.1. The van der Waals surface area contributed by atoms with Crippen LogP contribution in [0.1, 0.15) is 31.0 Å². The van der Waals surface area contributed by atoms with Crippen LogP contribution in [0.3, 0.4) is 0 Å². The molecule has 146 valence electrons. The van der Waals surface area contributed by atoms with E-state index in [0.29, 0.717) is 32.5 Å². The molecule has 0 amide bonds. The molecule has 0 aromatic carbocycles. The van der Waals surface area contributed by atoms with Gasteiger partial charge in [-0.2, -0.15) is 13.2 Å². The molecule has 1 aromatic heterocycles. The van der Waals surface area contributed by atoms with Crippen LogP contribution in [0.5, 0.6) is 0 Å². The van der Waals surface area contributed by atoms with E-state index in [1.165, 1.54) is 4.31 Å². The molecule has 1 aliphatic heterocycles. The van der Waals surface area contributed by atoms with Crippen LogP contribution in [0.4, 0.5) is 19.1 Å². The summed E-state index contributed by atoms with van der Waals surface area (Å²) in [6.07, 6.45) is 0.634. The molecule has 0 unspecified atom stereocenters. The normalized spacial score (nSPS) is 17.6. The number of halogens is 3. The number of nitrogens with one attached hydrogen (secondary N) is 1. The molecule has 0 aliphatic carbocycles. The van der Waals surface area contributed by atoms with Crippen molar-refractivity contribution >= 4 is 22.0 Å². The summed E-state index contributed by atoms with van der Waals surface area (Å²) in [5, 5.41) is 2.98. The molecule has 0 spiro atoms. The molecule has 2 heterocycles. The number of rotatable bonds is 6. The molecule has 0 atom stereocenters. The van der Waals surface area contributed by atoms with Crippen molar-refractivity contribution in [2.45, 2.75) is 32.0 Å². The second-order valence-electron chi connectivity index (χ2n) is 5.83. The van der Waals surface area contributed by atoms with Crippen LogP contribution in [0.25, 0.3) is 6.08 Å². The molecule has 1 N–H and O–H groups in total. The first-order valence-electron chi connectivity index (χ1n) is 8.05. The first-order chi connectivity index (χ1) is 12.1. The van der Waals surface area contributed by atoms with Crippen molar-refractivity contribution in [1.29, 1.82) is 0 Å². The molecule has 0 bridgehead atoms. The summed E-state index contributed by atoms with van der Waals surface area (Å²) in [6, 6.07) is -0.117. The van der Waals surface area contributed by atoms with Crippen LogP contribution < -0.4 is 5.32 Å². The lowest BCUT2D eigenvalue weighted by Crippen LogP contribution is -2.42. The lowest BCUT2D eigenvalue weighted by Gasteiger charge is -2.30. The molecule has 0 radical (unpaired) electrons. The summed E-state index contributed by atoms with van der Waals surface area (Å²) in [5.74, 6) is 0.0620.